The number of hydrogen-bond donors (Lipinski definition) is 1. The molecule has 1 aliphatic carbocycles. The molecule has 0 bridgehead atoms. The van der Waals surface area contributed by atoms with E-state index in [4.69, 9.17) is 0 Å². The van der Waals surface area contributed by atoms with Crippen LogP contribution in [0.1, 0.15) is 30.7 Å². The Bertz CT molecular complexity index is 395. The molecule has 0 spiro atoms. The zero-order chi connectivity index (χ0) is 11.0. The molecule has 1 N–H and O–H groups in total. The Labute approximate surface area is 95.4 Å². The Morgan fingerprint density at radius 2 is 1.94 bits per heavy atom. The Kier molecular flexibility index (Phi) is 2.31. The van der Waals surface area contributed by atoms with Gasteiger partial charge in [0, 0.05) is 18.8 Å². The lowest BCUT2D eigenvalue weighted by atomic mass is 9.80. The van der Waals surface area contributed by atoms with Crippen molar-refractivity contribution in [2.75, 3.05) is 18.0 Å². The van der Waals surface area contributed by atoms with Gasteiger partial charge in [0.05, 0.1) is 0 Å². The van der Waals surface area contributed by atoms with Crippen LogP contribution in [-0.4, -0.2) is 19.1 Å². The van der Waals surface area contributed by atoms with Crippen molar-refractivity contribution >= 4 is 11.7 Å². The maximum Gasteiger partial charge on any atom is 0.321 e. The van der Waals surface area contributed by atoms with Crippen LogP contribution in [0.15, 0.2) is 24.3 Å². The third kappa shape index (κ3) is 1.56. The van der Waals surface area contributed by atoms with Crippen LogP contribution in [0.25, 0.3) is 0 Å². The van der Waals surface area contributed by atoms with Gasteiger partial charge in [-0.25, -0.2) is 4.79 Å². The monoisotopic (exact) mass is 216 g/mol. The lowest BCUT2D eigenvalue weighted by Crippen LogP contribution is -2.27. The van der Waals surface area contributed by atoms with Crippen LogP contribution in [-0.2, 0) is 0 Å². The average molecular weight is 216 g/mol. The molecule has 2 amide bonds. The SMILES string of the molecule is O=C1NCCN1c1ccc(C2CCC2)cc1. The minimum Gasteiger partial charge on any atom is -0.336 e. The smallest absolute Gasteiger partial charge is 0.321 e. The molecule has 2 aliphatic rings. The van der Waals surface area contributed by atoms with E-state index in [2.05, 4.69) is 29.6 Å². The second-order valence-corrected chi connectivity index (χ2v) is 4.60. The Hall–Kier alpha value is -1.51. The van der Waals surface area contributed by atoms with E-state index in [0.717, 1.165) is 24.7 Å². The summed E-state index contributed by atoms with van der Waals surface area (Å²) in [6.07, 6.45) is 4.01. The number of urea groups is 1. The molecule has 1 heterocycles. The first-order chi connectivity index (χ1) is 7.84. The minimum atomic E-state index is 0.0244. The van der Waals surface area contributed by atoms with E-state index in [1.54, 1.807) is 4.90 Å². The molecule has 0 radical (unpaired) electrons. The number of rotatable bonds is 2. The topological polar surface area (TPSA) is 32.3 Å². The molecule has 16 heavy (non-hydrogen) atoms. The highest BCUT2D eigenvalue weighted by Crippen LogP contribution is 2.36. The first kappa shape index (κ1) is 9.70. The third-order valence-electron chi connectivity index (χ3n) is 3.64. The van der Waals surface area contributed by atoms with Crippen LogP contribution < -0.4 is 10.2 Å². The lowest BCUT2D eigenvalue weighted by Gasteiger charge is -2.26. The maximum atomic E-state index is 11.5. The number of amides is 2. The number of carbonyl (C=O) groups is 1. The molecule has 1 aliphatic heterocycles. The van der Waals surface area contributed by atoms with E-state index >= 15 is 0 Å². The number of nitrogens with one attached hydrogen (secondary N) is 1. The van der Waals surface area contributed by atoms with Crippen molar-refractivity contribution < 1.29 is 4.79 Å². The molecule has 1 aromatic rings. The van der Waals surface area contributed by atoms with Crippen molar-refractivity contribution in [2.24, 2.45) is 0 Å². The second kappa shape index (κ2) is 3.81. The summed E-state index contributed by atoms with van der Waals surface area (Å²) in [6.45, 7) is 1.53. The molecule has 1 saturated carbocycles. The Balaban J connectivity index is 1.78. The van der Waals surface area contributed by atoms with Gasteiger partial charge in [0.15, 0.2) is 0 Å². The van der Waals surface area contributed by atoms with Crippen LogP contribution in [0.3, 0.4) is 0 Å². The zero-order valence-corrected chi connectivity index (χ0v) is 9.28. The summed E-state index contributed by atoms with van der Waals surface area (Å²) in [7, 11) is 0. The van der Waals surface area contributed by atoms with Gasteiger partial charge in [0.2, 0.25) is 0 Å². The summed E-state index contributed by atoms with van der Waals surface area (Å²) in [5.41, 5.74) is 2.44. The average Bonchev–Trinajstić information content (AvgIpc) is 2.63. The summed E-state index contributed by atoms with van der Waals surface area (Å²) in [4.78, 5) is 13.3. The summed E-state index contributed by atoms with van der Waals surface area (Å²) in [5.74, 6) is 0.765. The van der Waals surface area contributed by atoms with Crippen LogP contribution in [0.4, 0.5) is 10.5 Å². The Morgan fingerprint density at radius 1 is 1.19 bits per heavy atom. The molecule has 84 valence electrons. The molecule has 3 heteroatoms. The van der Waals surface area contributed by atoms with Crippen molar-refractivity contribution in [1.82, 2.24) is 5.32 Å². The van der Waals surface area contributed by atoms with Gasteiger partial charge in [-0.2, -0.15) is 0 Å². The fourth-order valence-corrected chi connectivity index (χ4v) is 2.39. The van der Waals surface area contributed by atoms with Gasteiger partial charge in [-0.3, -0.25) is 4.90 Å². The number of hydrogen-bond acceptors (Lipinski definition) is 1. The molecule has 2 fully saturated rings. The quantitative estimate of drug-likeness (QED) is 0.809. The predicted molar refractivity (Wildman–Crippen MR) is 63.8 cm³/mol. The highest BCUT2D eigenvalue weighted by Gasteiger charge is 2.22. The molecular formula is C13H16N2O. The van der Waals surface area contributed by atoms with Crippen molar-refractivity contribution in [2.45, 2.75) is 25.2 Å². The summed E-state index contributed by atoms with van der Waals surface area (Å²) < 4.78 is 0. The van der Waals surface area contributed by atoms with E-state index in [1.165, 1.54) is 24.8 Å². The number of anilines is 1. The molecule has 3 nitrogen and oxygen atoms in total. The number of carbonyl (C=O) groups excluding carboxylic acids is 1. The summed E-state index contributed by atoms with van der Waals surface area (Å²) in [6, 6.07) is 8.50. The van der Waals surface area contributed by atoms with Gasteiger partial charge in [-0.1, -0.05) is 18.6 Å². The molecule has 1 aromatic carbocycles. The first-order valence-electron chi connectivity index (χ1n) is 6.00. The van der Waals surface area contributed by atoms with E-state index in [0.29, 0.717) is 0 Å². The van der Waals surface area contributed by atoms with E-state index in [-0.39, 0.29) is 6.03 Å². The van der Waals surface area contributed by atoms with Gasteiger partial charge in [0.1, 0.15) is 0 Å². The maximum absolute atomic E-state index is 11.5. The highest BCUT2D eigenvalue weighted by atomic mass is 16.2. The fourth-order valence-electron chi connectivity index (χ4n) is 2.39. The lowest BCUT2D eigenvalue weighted by molar-refractivity contribution is 0.252. The Morgan fingerprint density at radius 3 is 2.44 bits per heavy atom. The normalized spacial score (nSPS) is 20.8. The van der Waals surface area contributed by atoms with Crippen LogP contribution in [0.5, 0.6) is 0 Å². The standard InChI is InChI=1S/C13H16N2O/c16-13-14-8-9-15(13)12-6-4-11(5-7-12)10-2-1-3-10/h4-7,10H,1-3,8-9H2,(H,14,16). The number of benzene rings is 1. The summed E-state index contributed by atoms with van der Waals surface area (Å²) >= 11 is 0. The van der Waals surface area contributed by atoms with Crippen molar-refractivity contribution in [1.29, 1.82) is 0 Å². The van der Waals surface area contributed by atoms with Gasteiger partial charge in [-0.05, 0) is 36.5 Å². The molecule has 1 saturated heterocycles. The van der Waals surface area contributed by atoms with Gasteiger partial charge in [-0.15, -0.1) is 0 Å². The predicted octanol–water partition coefficient (Wildman–Crippen LogP) is 2.48. The zero-order valence-electron chi connectivity index (χ0n) is 9.28. The van der Waals surface area contributed by atoms with Crippen LogP contribution in [0, 0.1) is 0 Å². The van der Waals surface area contributed by atoms with E-state index < -0.39 is 0 Å². The van der Waals surface area contributed by atoms with Gasteiger partial charge < -0.3 is 5.32 Å². The third-order valence-corrected chi connectivity index (χ3v) is 3.64. The van der Waals surface area contributed by atoms with Crippen molar-refractivity contribution in [3.63, 3.8) is 0 Å². The van der Waals surface area contributed by atoms with Gasteiger partial charge >= 0.3 is 6.03 Å². The van der Waals surface area contributed by atoms with Crippen molar-refractivity contribution in [3.05, 3.63) is 29.8 Å². The molecule has 3 rings (SSSR count). The molecule has 0 aromatic heterocycles. The van der Waals surface area contributed by atoms with E-state index in [1.807, 2.05) is 0 Å². The highest BCUT2D eigenvalue weighted by molar-refractivity contribution is 5.93. The number of nitrogens with zero attached hydrogens (tertiary/aromatic N) is 1. The van der Waals surface area contributed by atoms with Crippen molar-refractivity contribution in [3.8, 4) is 0 Å². The molecule has 0 atom stereocenters. The minimum absolute atomic E-state index is 0.0244. The summed E-state index contributed by atoms with van der Waals surface area (Å²) in [5, 5.41) is 2.81. The molecular weight excluding hydrogens is 200 g/mol. The van der Waals surface area contributed by atoms with Crippen LogP contribution >= 0.6 is 0 Å². The molecule has 0 unspecified atom stereocenters. The van der Waals surface area contributed by atoms with Gasteiger partial charge in [0.25, 0.3) is 0 Å². The second-order valence-electron chi connectivity index (χ2n) is 4.60. The first-order valence-corrected chi connectivity index (χ1v) is 6.00. The van der Waals surface area contributed by atoms with E-state index in [9.17, 15) is 4.79 Å². The fraction of sp³-hybridized carbons (Fsp3) is 0.462. The van der Waals surface area contributed by atoms with Crippen LogP contribution in [0.2, 0.25) is 0 Å². The largest absolute Gasteiger partial charge is 0.336 e.